The lowest BCUT2D eigenvalue weighted by molar-refractivity contribution is 0.386. The van der Waals surface area contributed by atoms with E-state index in [9.17, 15) is 4.79 Å². The van der Waals surface area contributed by atoms with Gasteiger partial charge in [0.15, 0.2) is 0 Å². The van der Waals surface area contributed by atoms with E-state index in [1.165, 1.54) is 6.33 Å². The minimum absolute atomic E-state index is 0.0649. The van der Waals surface area contributed by atoms with E-state index in [0.717, 1.165) is 5.52 Å². The van der Waals surface area contributed by atoms with Crippen molar-refractivity contribution >= 4 is 16.7 Å². The van der Waals surface area contributed by atoms with Crippen LogP contribution >= 0.6 is 0 Å². The number of hydrogen-bond donors (Lipinski definition) is 0. The zero-order chi connectivity index (χ0) is 12.9. The van der Waals surface area contributed by atoms with Gasteiger partial charge in [-0.3, -0.25) is 4.79 Å². The van der Waals surface area contributed by atoms with Crippen molar-refractivity contribution in [3.8, 4) is 0 Å². The second kappa shape index (κ2) is 3.38. The number of fused-ring (bicyclic) bond motifs is 3. The molecule has 0 saturated heterocycles. The van der Waals surface area contributed by atoms with Gasteiger partial charge < -0.3 is 4.57 Å². The number of hydrogen-bond acceptors (Lipinski definition) is 4. The molecule has 0 spiro atoms. The number of rotatable bonds is 0. The highest BCUT2D eigenvalue weighted by Crippen LogP contribution is 2.14. The molecular weight excluding hydrogens is 230 g/mol. The van der Waals surface area contributed by atoms with Crippen LogP contribution in [0.15, 0.2) is 29.6 Å². The molecule has 3 aromatic rings. The van der Waals surface area contributed by atoms with E-state index < -0.39 is 0 Å². The first-order chi connectivity index (χ1) is 8.48. The molecular formula is C12H13N5O. The highest BCUT2D eigenvalue weighted by Gasteiger charge is 2.16. The second-order valence-electron chi connectivity index (χ2n) is 5.19. The van der Waals surface area contributed by atoms with Crippen LogP contribution in [-0.2, 0) is 5.54 Å². The van der Waals surface area contributed by atoms with E-state index in [0.29, 0.717) is 11.2 Å². The molecule has 0 radical (unpaired) electrons. The van der Waals surface area contributed by atoms with E-state index in [1.54, 1.807) is 21.5 Å². The number of pyridine rings is 1. The van der Waals surface area contributed by atoms with Crippen molar-refractivity contribution in [2.45, 2.75) is 26.3 Å². The Morgan fingerprint density at radius 1 is 1.22 bits per heavy atom. The maximum absolute atomic E-state index is 12.4. The van der Waals surface area contributed by atoms with Gasteiger partial charge in [-0.1, -0.05) is 0 Å². The Hall–Kier alpha value is -2.24. The number of nitrogens with zero attached hydrogens (tertiary/aromatic N) is 5. The van der Waals surface area contributed by atoms with Crippen molar-refractivity contribution in [1.82, 2.24) is 24.1 Å². The van der Waals surface area contributed by atoms with Gasteiger partial charge in [0.25, 0.3) is 11.3 Å². The first-order valence-corrected chi connectivity index (χ1v) is 5.69. The molecule has 6 nitrogen and oxygen atoms in total. The monoisotopic (exact) mass is 243 g/mol. The van der Waals surface area contributed by atoms with Gasteiger partial charge in [0.05, 0.1) is 10.9 Å². The van der Waals surface area contributed by atoms with Crippen LogP contribution in [-0.4, -0.2) is 24.1 Å². The smallest absolute Gasteiger partial charge is 0.262 e. The molecule has 0 fully saturated rings. The normalized spacial score (nSPS) is 12.4. The van der Waals surface area contributed by atoms with E-state index >= 15 is 0 Å². The summed E-state index contributed by atoms with van der Waals surface area (Å²) in [5, 5.41) is 4.62. The molecule has 6 heteroatoms. The van der Waals surface area contributed by atoms with Gasteiger partial charge in [-0.2, -0.15) is 14.6 Å². The average Bonchev–Trinajstić information content (AvgIpc) is 2.75. The third-order valence-electron chi connectivity index (χ3n) is 2.90. The maximum Gasteiger partial charge on any atom is 0.262 e. The van der Waals surface area contributed by atoms with E-state index in [2.05, 4.69) is 15.1 Å². The third-order valence-corrected chi connectivity index (χ3v) is 2.90. The standard InChI is InChI=1S/C12H13N5O/c1-12(2,3)16-5-4-9-8(10(16)18)6-13-11-14-7-15-17(9)11/h4-7H,1-3H3. The lowest BCUT2D eigenvalue weighted by Crippen LogP contribution is -2.33. The predicted molar refractivity (Wildman–Crippen MR) is 67.5 cm³/mol. The van der Waals surface area contributed by atoms with Crippen LogP contribution in [0.2, 0.25) is 0 Å². The summed E-state index contributed by atoms with van der Waals surface area (Å²) < 4.78 is 3.27. The molecule has 92 valence electrons. The molecule has 18 heavy (non-hydrogen) atoms. The molecule has 0 N–H and O–H groups in total. The molecule has 0 aliphatic heterocycles. The van der Waals surface area contributed by atoms with Crippen molar-refractivity contribution in [3.05, 3.63) is 35.1 Å². The fourth-order valence-electron chi connectivity index (χ4n) is 1.99. The Labute approximate surface area is 103 Å². The van der Waals surface area contributed by atoms with Crippen LogP contribution < -0.4 is 5.56 Å². The topological polar surface area (TPSA) is 65.1 Å². The molecule has 3 aromatic heterocycles. The molecule has 3 heterocycles. The molecule has 0 amide bonds. The summed E-state index contributed by atoms with van der Waals surface area (Å²) in [6.45, 7) is 5.96. The lowest BCUT2D eigenvalue weighted by atomic mass is 10.1. The highest BCUT2D eigenvalue weighted by atomic mass is 16.1. The quantitative estimate of drug-likeness (QED) is 0.595. The Morgan fingerprint density at radius 2 is 2.00 bits per heavy atom. The minimum atomic E-state index is -0.261. The van der Waals surface area contributed by atoms with Gasteiger partial charge in [-0.25, -0.2) is 4.98 Å². The first kappa shape index (κ1) is 10.9. The second-order valence-corrected chi connectivity index (χ2v) is 5.19. The Balaban J connectivity index is 2.47. The van der Waals surface area contributed by atoms with Gasteiger partial charge >= 0.3 is 0 Å². The Morgan fingerprint density at radius 3 is 2.72 bits per heavy atom. The summed E-state index contributed by atoms with van der Waals surface area (Å²) in [6.07, 6.45) is 4.77. The predicted octanol–water partition coefficient (Wildman–Crippen LogP) is 1.19. The first-order valence-electron chi connectivity index (χ1n) is 5.69. The highest BCUT2D eigenvalue weighted by molar-refractivity contribution is 5.78. The molecule has 0 saturated carbocycles. The molecule has 0 aliphatic carbocycles. The van der Waals surface area contributed by atoms with Gasteiger partial charge in [0.2, 0.25) is 0 Å². The molecule has 0 atom stereocenters. The van der Waals surface area contributed by atoms with Crippen LogP contribution in [0, 0.1) is 0 Å². The fourth-order valence-corrected chi connectivity index (χ4v) is 1.99. The summed E-state index contributed by atoms with van der Waals surface area (Å²) in [5.74, 6) is 0.496. The van der Waals surface area contributed by atoms with Crippen LogP contribution in [0.5, 0.6) is 0 Å². The summed E-state index contributed by atoms with van der Waals surface area (Å²) in [5.41, 5.74) is 0.399. The van der Waals surface area contributed by atoms with Gasteiger partial charge in [0.1, 0.15) is 6.33 Å². The van der Waals surface area contributed by atoms with Crippen molar-refractivity contribution in [2.75, 3.05) is 0 Å². The van der Waals surface area contributed by atoms with Crippen LogP contribution in [0.25, 0.3) is 16.7 Å². The zero-order valence-corrected chi connectivity index (χ0v) is 10.5. The van der Waals surface area contributed by atoms with Gasteiger partial charge in [-0.05, 0) is 26.8 Å². The van der Waals surface area contributed by atoms with E-state index in [4.69, 9.17) is 0 Å². The number of aromatic nitrogens is 5. The van der Waals surface area contributed by atoms with Gasteiger partial charge in [-0.15, -0.1) is 0 Å². The van der Waals surface area contributed by atoms with Gasteiger partial charge in [0, 0.05) is 17.9 Å². The Kier molecular flexibility index (Phi) is 2.04. The minimum Gasteiger partial charge on any atom is -0.310 e. The SMILES string of the molecule is CC(C)(C)n1ccc2c(cnc3ncnn32)c1=O. The maximum atomic E-state index is 12.4. The largest absolute Gasteiger partial charge is 0.310 e. The average molecular weight is 243 g/mol. The van der Waals surface area contributed by atoms with Crippen molar-refractivity contribution in [1.29, 1.82) is 0 Å². The molecule has 0 aromatic carbocycles. The third kappa shape index (κ3) is 1.42. The summed E-state index contributed by atoms with van der Waals surface area (Å²) in [6, 6.07) is 1.87. The fraction of sp³-hybridized carbons (Fsp3) is 0.333. The van der Waals surface area contributed by atoms with Crippen molar-refractivity contribution in [2.24, 2.45) is 0 Å². The van der Waals surface area contributed by atoms with Crippen molar-refractivity contribution in [3.63, 3.8) is 0 Å². The summed E-state index contributed by atoms with van der Waals surface area (Å²) >= 11 is 0. The zero-order valence-electron chi connectivity index (χ0n) is 10.5. The molecule has 0 bridgehead atoms. The van der Waals surface area contributed by atoms with Crippen LogP contribution in [0.1, 0.15) is 20.8 Å². The molecule has 0 aliphatic rings. The van der Waals surface area contributed by atoms with Crippen LogP contribution in [0.4, 0.5) is 0 Å². The van der Waals surface area contributed by atoms with E-state index in [-0.39, 0.29) is 11.1 Å². The molecule has 0 unspecified atom stereocenters. The molecule has 3 rings (SSSR count). The lowest BCUT2D eigenvalue weighted by Gasteiger charge is -2.22. The van der Waals surface area contributed by atoms with E-state index in [1.807, 2.05) is 26.8 Å². The van der Waals surface area contributed by atoms with Crippen molar-refractivity contribution < 1.29 is 0 Å². The summed E-state index contributed by atoms with van der Waals surface area (Å²) in [7, 11) is 0. The van der Waals surface area contributed by atoms with Crippen LogP contribution in [0.3, 0.4) is 0 Å². The Bertz CT molecular complexity index is 793. The summed E-state index contributed by atoms with van der Waals surface area (Å²) in [4.78, 5) is 20.5.